The largest absolute Gasteiger partial charge is 0.416 e. The fourth-order valence-electron chi connectivity index (χ4n) is 4.32. The van der Waals surface area contributed by atoms with Crippen LogP contribution in [0.2, 0.25) is 0 Å². The topological polar surface area (TPSA) is 65.2 Å². The molecule has 0 spiro atoms. The minimum absolute atomic E-state index is 0.121. The predicted molar refractivity (Wildman–Crippen MR) is 112 cm³/mol. The minimum atomic E-state index is -4.45. The van der Waals surface area contributed by atoms with E-state index >= 15 is 0 Å². The van der Waals surface area contributed by atoms with E-state index in [1.807, 2.05) is 13.8 Å². The number of carbonyl (C=O) groups is 1. The molecule has 32 heavy (non-hydrogen) atoms. The predicted octanol–water partition coefficient (Wildman–Crippen LogP) is 4.07. The maximum atomic E-state index is 13.3. The average Bonchev–Trinajstić information content (AvgIpc) is 3.51. The van der Waals surface area contributed by atoms with Crippen LogP contribution in [-0.4, -0.2) is 57.7 Å². The van der Waals surface area contributed by atoms with Crippen molar-refractivity contribution in [3.63, 3.8) is 0 Å². The van der Waals surface area contributed by atoms with Gasteiger partial charge in [-0.3, -0.25) is 9.69 Å². The summed E-state index contributed by atoms with van der Waals surface area (Å²) in [5, 5.41) is 13.7. The molecule has 1 amide bonds. The Hall–Kier alpha value is -2.86. The third-order valence-electron chi connectivity index (χ3n) is 6.18. The van der Waals surface area contributed by atoms with Crippen molar-refractivity contribution in [2.24, 2.45) is 5.92 Å². The number of alkyl halides is 3. The minimum Gasteiger partial charge on any atom is -0.336 e. The molecule has 1 aromatic carbocycles. The van der Waals surface area contributed by atoms with Crippen LogP contribution in [0.5, 0.6) is 0 Å². The Morgan fingerprint density at radius 1 is 1.19 bits per heavy atom. The van der Waals surface area contributed by atoms with E-state index in [1.165, 1.54) is 16.9 Å². The lowest BCUT2D eigenvalue weighted by molar-refractivity contribution is -0.137. The van der Waals surface area contributed by atoms with E-state index in [-0.39, 0.29) is 23.8 Å². The molecule has 6 nitrogen and oxygen atoms in total. The molecular weight excluding hydrogens is 419 g/mol. The maximum Gasteiger partial charge on any atom is 0.416 e. The first-order valence-corrected chi connectivity index (χ1v) is 10.9. The van der Waals surface area contributed by atoms with Gasteiger partial charge >= 0.3 is 6.18 Å². The van der Waals surface area contributed by atoms with Crippen molar-refractivity contribution in [2.75, 3.05) is 26.2 Å². The van der Waals surface area contributed by atoms with Gasteiger partial charge in [0.05, 0.1) is 34.8 Å². The summed E-state index contributed by atoms with van der Waals surface area (Å²) in [5.74, 6) is 0.174. The van der Waals surface area contributed by atoms with Gasteiger partial charge in [-0.15, -0.1) is 0 Å². The summed E-state index contributed by atoms with van der Waals surface area (Å²) in [7, 11) is 0. The number of benzene rings is 1. The molecule has 0 radical (unpaired) electrons. The quantitative estimate of drug-likeness (QED) is 0.696. The van der Waals surface area contributed by atoms with Crippen molar-refractivity contribution < 1.29 is 18.0 Å². The van der Waals surface area contributed by atoms with Crippen molar-refractivity contribution in [3.8, 4) is 11.8 Å². The van der Waals surface area contributed by atoms with Crippen LogP contribution in [0, 0.1) is 17.2 Å². The third-order valence-corrected chi connectivity index (χ3v) is 6.18. The van der Waals surface area contributed by atoms with Crippen LogP contribution in [0.15, 0.2) is 30.5 Å². The third kappa shape index (κ3) is 4.37. The Labute approximate surface area is 185 Å². The molecule has 0 N–H and O–H groups in total. The lowest BCUT2D eigenvalue weighted by Crippen LogP contribution is -2.52. The first-order chi connectivity index (χ1) is 15.2. The van der Waals surface area contributed by atoms with Crippen molar-refractivity contribution in [3.05, 3.63) is 47.3 Å². The second-order valence-corrected chi connectivity index (χ2v) is 8.82. The molecule has 4 rings (SSSR count). The Balaban J connectivity index is 1.57. The fraction of sp³-hybridized carbons (Fsp3) is 0.522. The summed E-state index contributed by atoms with van der Waals surface area (Å²) in [6, 6.07) is 7.20. The van der Waals surface area contributed by atoms with Gasteiger partial charge in [0.15, 0.2) is 0 Å². The smallest absolute Gasteiger partial charge is 0.336 e. The standard InChI is InChI=1S/C23H26F3N5O/c1-15(2)20(13-27)29-8-10-30(11-9-29)22(32)19-14-28-31(21(19)16-6-7-16)18-5-3-4-17(12-18)23(24,25)26/h3-5,12,14-16,20H,6-11H2,1-2H3. The summed E-state index contributed by atoms with van der Waals surface area (Å²) in [5.41, 5.74) is 0.709. The van der Waals surface area contributed by atoms with Crippen LogP contribution in [0.25, 0.3) is 5.69 Å². The van der Waals surface area contributed by atoms with Gasteiger partial charge < -0.3 is 4.90 Å². The molecule has 2 heterocycles. The van der Waals surface area contributed by atoms with E-state index in [0.717, 1.165) is 25.0 Å². The highest BCUT2D eigenvalue weighted by Gasteiger charge is 2.36. The highest BCUT2D eigenvalue weighted by Crippen LogP contribution is 2.43. The van der Waals surface area contributed by atoms with Crippen LogP contribution >= 0.6 is 0 Å². The molecule has 2 fully saturated rings. The van der Waals surface area contributed by atoms with Crippen LogP contribution in [0.1, 0.15) is 54.2 Å². The Kier molecular flexibility index (Phi) is 5.99. The summed E-state index contributed by atoms with van der Waals surface area (Å²) < 4.78 is 41.0. The van der Waals surface area contributed by atoms with Gasteiger partial charge in [0, 0.05) is 32.1 Å². The van der Waals surface area contributed by atoms with Gasteiger partial charge in [0.25, 0.3) is 5.91 Å². The lowest BCUT2D eigenvalue weighted by atomic mass is 10.0. The molecule has 0 bridgehead atoms. The van der Waals surface area contributed by atoms with E-state index in [1.54, 1.807) is 11.0 Å². The monoisotopic (exact) mass is 445 g/mol. The molecule has 1 saturated heterocycles. The van der Waals surface area contributed by atoms with Crippen LogP contribution in [-0.2, 0) is 6.18 Å². The summed E-state index contributed by atoms with van der Waals surface area (Å²) in [4.78, 5) is 17.2. The molecule has 2 aliphatic rings. The van der Waals surface area contributed by atoms with Crippen molar-refractivity contribution >= 4 is 5.91 Å². The molecule has 1 aliphatic carbocycles. The molecule has 1 aromatic heterocycles. The zero-order valence-corrected chi connectivity index (χ0v) is 18.1. The second-order valence-electron chi connectivity index (χ2n) is 8.82. The average molecular weight is 445 g/mol. The van der Waals surface area contributed by atoms with E-state index in [4.69, 9.17) is 0 Å². The number of hydrogen-bond acceptors (Lipinski definition) is 4. The number of amides is 1. The van der Waals surface area contributed by atoms with Crippen molar-refractivity contribution in [1.29, 1.82) is 5.26 Å². The number of rotatable bonds is 5. The van der Waals surface area contributed by atoms with Gasteiger partial charge in [-0.05, 0) is 37.0 Å². The zero-order chi connectivity index (χ0) is 23.0. The summed E-state index contributed by atoms with van der Waals surface area (Å²) >= 11 is 0. The zero-order valence-electron chi connectivity index (χ0n) is 18.1. The highest BCUT2D eigenvalue weighted by molar-refractivity contribution is 5.95. The van der Waals surface area contributed by atoms with Crippen LogP contribution in [0.4, 0.5) is 13.2 Å². The van der Waals surface area contributed by atoms with Crippen LogP contribution < -0.4 is 0 Å². The summed E-state index contributed by atoms with van der Waals surface area (Å²) in [6.45, 7) is 6.25. The number of halogens is 3. The van der Waals surface area contributed by atoms with Crippen molar-refractivity contribution in [2.45, 2.75) is 44.8 Å². The number of carbonyl (C=O) groups excluding carboxylic acids is 1. The number of aromatic nitrogens is 2. The first kappa shape index (κ1) is 22.3. The molecular formula is C23H26F3N5O. The first-order valence-electron chi connectivity index (χ1n) is 10.9. The SMILES string of the molecule is CC(C)C(C#N)N1CCN(C(=O)c2cnn(-c3cccc(C(F)(F)F)c3)c2C2CC2)CC1. The molecule has 1 aliphatic heterocycles. The van der Waals surface area contributed by atoms with E-state index in [0.29, 0.717) is 43.1 Å². The number of nitrogens with zero attached hydrogens (tertiary/aromatic N) is 5. The van der Waals surface area contributed by atoms with Gasteiger partial charge in [0.2, 0.25) is 0 Å². The van der Waals surface area contributed by atoms with E-state index in [2.05, 4.69) is 16.1 Å². The number of piperazine rings is 1. The summed E-state index contributed by atoms with van der Waals surface area (Å²) in [6.07, 6.45) is -1.19. The van der Waals surface area contributed by atoms with E-state index < -0.39 is 11.7 Å². The lowest BCUT2D eigenvalue weighted by Gasteiger charge is -2.38. The molecule has 170 valence electrons. The Bertz CT molecular complexity index is 1030. The maximum absolute atomic E-state index is 13.3. The van der Waals surface area contributed by atoms with Gasteiger partial charge in [-0.25, -0.2) is 4.68 Å². The number of nitriles is 1. The van der Waals surface area contributed by atoms with Gasteiger partial charge in [-0.1, -0.05) is 19.9 Å². The molecule has 1 unspecified atom stereocenters. The van der Waals surface area contributed by atoms with Crippen LogP contribution in [0.3, 0.4) is 0 Å². The van der Waals surface area contributed by atoms with Gasteiger partial charge in [-0.2, -0.15) is 23.5 Å². The normalized spacial score (nSPS) is 18.6. The molecule has 1 atom stereocenters. The van der Waals surface area contributed by atoms with Crippen molar-refractivity contribution in [1.82, 2.24) is 19.6 Å². The Morgan fingerprint density at radius 3 is 2.44 bits per heavy atom. The molecule has 1 saturated carbocycles. The highest BCUT2D eigenvalue weighted by atomic mass is 19.4. The molecule has 2 aromatic rings. The fourth-order valence-corrected chi connectivity index (χ4v) is 4.32. The van der Waals surface area contributed by atoms with Gasteiger partial charge in [0.1, 0.15) is 6.04 Å². The number of hydrogen-bond donors (Lipinski definition) is 0. The second kappa shape index (κ2) is 8.58. The Morgan fingerprint density at radius 2 is 1.88 bits per heavy atom. The van der Waals surface area contributed by atoms with E-state index in [9.17, 15) is 23.2 Å². The molecule has 9 heteroatoms.